The summed E-state index contributed by atoms with van der Waals surface area (Å²) in [7, 11) is 0. The van der Waals surface area contributed by atoms with Gasteiger partial charge in [-0.15, -0.1) is 0 Å². The SMILES string of the molecule is Cc1occc1C(=O)Nc1ccccc1-n1ccc(C(=O)O)n1. The lowest BCUT2D eigenvalue weighted by Gasteiger charge is -2.10. The molecule has 0 aliphatic rings. The van der Waals surface area contributed by atoms with Gasteiger partial charge in [0.05, 0.1) is 23.2 Å². The summed E-state index contributed by atoms with van der Waals surface area (Å²) in [6, 6.07) is 9.96. The lowest BCUT2D eigenvalue weighted by atomic mass is 10.2. The van der Waals surface area contributed by atoms with Crippen molar-refractivity contribution in [2.75, 3.05) is 5.32 Å². The summed E-state index contributed by atoms with van der Waals surface area (Å²) < 4.78 is 6.53. The van der Waals surface area contributed by atoms with Crippen molar-refractivity contribution in [3.05, 3.63) is 65.9 Å². The molecule has 2 N–H and O–H groups in total. The van der Waals surface area contributed by atoms with E-state index < -0.39 is 5.97 Å². The molecule has 7 nitrogen and oxygen atoms in total. The number of nitrogens with one attached hydrogen (secondary N) is 1. The van der Waals surface area contributed by atoms with Gasteiger partial charge in [-0.3, -0.25) is 4.79 Å². The van der Waals surface area contributed by atoms with Crippen LogP contribution in [0.1, 0.15) is 26.6 Å². The predicted octanol–water partition coefficient (Wildman–Crippen LogP) is 2.72. The maximum atomic E-state index is 12.3. The number of furan rings is 1. The van der Waals surface area contributed by atoms with Crippen LogP contribution in [0, 0.1) is 6.92 Å². The van der Waals surface area contributed by atoms with Crippen molar-refractivity contribution in [1.29, 1.82) is 0 Å². The number of aromatic nitrogens is 2. The number of rotatable bonds is 4. The molecule has 0 spiro atoms. The van der Waals surface area contributed by atoms with Crippen LogP contribution < -0.4 is 5.32 Å². The van der Waals surface area contributed by atoms with E-state index in [-0.39, 0.29) is 11.6 Å². The molecule has 0 aliphatic heterocycles. The summed E-state index contributed by atoms with van der Waals surface area (Å²) in [5, 5.41) is 15.7. The molecule has 0 radical (unpaired) electrons. The van der Waals surface area contributed by atoms with Gasteiger partial charge in [0, 0.05) is 6.20 Å². The van der Waals surface area contributed by atoms with Gasteiger partial charge in [-0.2, -0.15) is 5.10 Å². The molecular formula is C16H13N3O4. The Morgan fingerprint density at radius 3 is 2.65 bits per heavy atom. The third kappa shape index (κ3) is 2.84. The number of amides is 1. The second-order valence-corrected chi connectivity index (χ2v) is 4.81. The standard InChI is InChI=1S/C16H13N3O4/c1-10-11(7-9-23-10)15(20)17-12-4-2-3-5-14(12)19-8-6-13(18-19)16(21)22/h2-9H,1H3,(H,17,20)(H,21,22). The van der Waals surface area contributed by atoms with Crippen molar-refractivity contribution < 1.29 is 19.1 Å². The summed E-state index contributed by atoms with van der Waals surface area (Å²) in [4.78, 5) is 23.2. The van der Waals surface area contributed by atoms with E-state index in [1.807, 2.05) is 0 Å². The highest BCUT2D eigenvalue weighted by Gasteiger charge is 2.15. The number of hydrogen-bond donors (Lipinski definition) is 2. The number of carbonyl (C=O) groups is 2. The minimum atomic E-state index is -1.11. The summed E-state index contributed by atoms with van der Waals surface area (Å²) in [5.41, 5.74) is 1.44. The van der Waals surface area contributed by atoms with Crippen LogP contribution in [0.3, 0.4) is 0 Å². The van der Waals surface area contributed by atoms with Crippen LogP contribution in [0.4, 0.5) is 5.69 Å². The Kier molecular flexibility index (Phi) is 3.68. The number of para-hydroxylation sites is 2. The minimum Gasteiger partial charge on any atom is -0.476 e. The van der Waals surface area contributed by atoms with Gasteiger partial charge < -0.3 is 14.8 Å². The Hall–Kier alpha value is -3.35. The lowest BCUT2D eigenvalue weighted by Crippen LogP contribution is -2.14. The zero-order valence-corrected chi connectivity index (χ0v) is 12.2. The molecule has 1 aromatic carbocycles. The monoisotopic (exact) mass is 311 g/mol. The van der Waals surface area contributed by atoms with Gasteiger partial charge in [-0.05, 0) is 31.2 Å². The first kappa shape index (κ1) is 14.6. The average Bonchev–Trinajstić information content (AvgIpc) is 3.16. The van der Waals surface area contributed by atoms with Crippen LogP contribution in [0.25, 0.3) is 5.69 Å². The molecule has 0 aliphatic carbocycles. The summed E-state index contributed by atoms with van der Waals surface area (Å²) in [6.45, 7) is 1.70. The predicted molar refractivity (Wildman–Crippen MR) is 81.9 cm³/mol. The largest absolute Gasteiger partial charge is 0.476 e. The molecule has 2 heterocycles. The number of aromatic carboxylic acids is 1. The molecule has 0 saturated heterocycles. The van der Waals surface area contributed by atoms with E-state index in [1.165, 1.54) is 23.2 Å². The fourth-order valence-electron chi connectivity index (χ4n) is 2.16. The molecule has 116 valence electrons. The highest BCUT2D eigenvalue weighted by atomic mass is 16.4. The maximum absolute atomic E-state index is 12.3. The Balaban J connectivity index is 1.93. The van der Waals surface area contributed by atoms with Crippen LogP contribution in [-0.4, -0.2) is 26.8 Å². The first-order valence-electron chi connectivity index (χ1n) is 6.80. The van der Waals surface area contributed by atoms with E-state index in [0.29, 0.717) is 22.7 Å². The van der Waals surface area contributed by atoms with Crippen molar-refractivity contribution in [3.63, 3.8) is 0 Å². The van der Waals surface area contributed by atoms with E-state index in [0.717, 1.165) is 0 Å². The first-order chi connectivity index (χ1) is 11.1. The fourth-order valence-corrected chi connectivity index (χ4v) is 2.16. The normalized spacial score (nSPS) is 10.5. The number of aryl methyl sites for hydroxylation is 1. The zero-order chi connectivity index (χ0) is 16.4. The van der Waals surface area contributed by atoms with Crippen molar-refractivity contribution in [2.45, 2.75) is 6.92 Å². The average molecular weight is 311 g/mol. The van der Waals surface area contributed by atoms with Crippen LogP contribution >= 0.6 is 0 Å². The number of carboxylic acids is 1. The molecule has 0 fully saturated rings. The second kappa shape index (κ2) is 5.80. The Labute approximate surface area is 131 Å². The second-order valence-electron chi connectivity index (χ2n) is 4.81. The van der Waals surface area contributed by atoms with Gasteiger partial charge in [0.1, 0.15) is 5.76 Å². The highest BCUT2D eigenvalue weighted by molar-refractivity contribution is 6.05. The van der Waals surface area contributed by atoms with E-state index in [2.05, 4.69) is 10.4 Å². The van der Waals surface area contributed by atoms with Crippen LogP contribution in [-0.2, 0) is 0 Å². The van der Waals surface area contributed by atoms with E-state index in [4.69, 9.17) is 9.52 Å². The lowest BCUT2D eigenvalue weighted by molar-refractivity contribution is 0.0689. The number of benzene rings is 1. The molecule has 3 aromatic rings. The molecule has 7 heteroatoms. The van der Waals surface area contributed by atoms with Gasteiger partial charge >= 0.3 is 5.97 Å². The summed E-state index contributed by atoms with van der Waals surface area (Å²) in [6.07, 6.45) is 2.97. The quantitative estimate of drug-likeness (QED) is 0.772. The number of carboxylic acid groups (broad SMARTS) is 1. The Bertz CT molecular complexity index is 879. The number of nitrogens with zero attached hydrogens (tertiary/aromatic N) is 2. The van der Waals surface area contributed by atoms with Crippen molar-refractivity contribution in [3.8, 4) is 5.69 Å². The molecule has 3 rings (SSSR count). The van der Waals surface area contributed by atoms with Gasteiger partial charge in [0.15, 0.2) is 5.69 Å². The van der Waals surface area contributed by atoms with Crippen molar-refractivity contribution >= 4 is 17.6 Å². The Morgan fingerprint density at radius 2 is 2.00 bits per heavy atom. The molecule has 23 heavy (non-hydrogen) atoms. The first-order valence-corrected chi connectivity index (χ1v) is 6.80. The topological polar surface area (TPSA) is 97.4 Å². The van der Waals surface area contributed by atoms with Crippen molar-refractivity contribution in [2.24, 2.45) is 0 Å². The van der Waals surface area contributed by atoms with Crippen LogP contribution in [0.15, 0.2) is 53.3 Å². The summed E-state index contributed by atoms with van der Waals surface area (Å²) in [5.74, 6) is -0.902. The number of carbonyl (C=O) groups excluding carboxylic acids is 1. The maximum Gasteiger partial charge on any atom is 0.356 e. The molecule has 0 atom stereocenters. The van der Waals surface area contributed by atoms with Gasteiger partial charge in [0.2, 0.25) is 0 Å². The zero-order valence-electron chi connectivity index (χ0n) is 12.2. The molecule has 0 unspecified atom stereocenters. The third-order valence-corrected chi connectivity index (χ3v) is 3.31. The van der Waals surface area contributed by atoms with E-state index in [9.17, 15) is 9.59 Å². The molecule has 1 amide bonds. The van der Waals surface area contributed by atoms with Gasteiger partial charge in [-0.25, -0.2) is 9.48 Å². The molecule has 0 saturated carbocycles. The van der Waals surface area contributed by atoms with Gasteiger partial charge in [-0.1, -0.05) is 12.1 Å². The highest BCUT2D eigenvalue weighted by Crippen LogP contribution is 2.21. The van der Waals surface area contributed by atoms with Crippen LogP contribution in [0.5, 0.6) is 0 Å². The van der Waals surface area contributed by atoms with Gasteiger partial charge in [0.25, 0.3) is 5.91 Å². The molecule has 0 bridgehead atoms. The number of anilines is 1. The van der Waals surface area contributed by atoms with E-state index in [1.54, 1.807) is 37.3 Å². The fraction of sp³-hybridized carbons (Fsp3) is 0.0625. The number of hydrogen-bond acceptors (Lipinski definition) is 4. The van der Waals surface area contributed by atoms with E-state index >= 15 is 0 Å². The van der Waals surface area contributed by atoms with Crippen molar-refractivity contribution in [1.82, 2.24) is 9.78 Å². The smallest absolute Gasteiger partial charge is 0.356 e. The van der Waals surface area contributed by atoms with Crippen LogP contribution in [0.2, 0.25) is 0 Å². The summed E-state index contributed by atoms with van der Waals surface area (Å²) >= 11 is 0. The molecular weight excluding hydrogens is 298 g/mol. The minimum absolute atomic E-state index is 0.0724. The molecule has 2 aromatic heterocycles. The Morgan fingerprint density at radius 1 is 1.22 bits per heavy atom. The third-order valence-electron chi connectivity index (χ3n) is 3.31.